The largest absolute Gasteiger partial charge is 0.351 e. The highest BCUT2D eigenvalue weighted by Gasteiger charge is 2.12. The van der Waals surface area contributed by atoms with E-state index in [1.54, 1.807) is 0 Å². The van der Waals surface area contributed by atoms with Gasteiger partial charge in [0.1, 0.15) is 0 Å². The van der Waals surface area contributed by atoms with E-state index >= 15 is 0 Å². The van der Waals surface area contributed by atoms with Crippen LogP contribution in [0.25, 0.3) is 0 Å². The second kappa shape index (κ2) is 3.86. The Labute approximate surface area is 67.8 Å². The van der Waals surface area contributed by atoms with Crippen LogP contribution >= 0.6 is 12.6 Å². The van der Waals surface area contributed by atoms with E-state index in [0.717, 1.165) is 0 Å². The van der Waals surface area contributed by atoms with Gasteiger partial charge in [0.05, 0.1) is 0 Å². The molecule has 1 N–H and O–H groups in total. The van der Waals surface area contributed by atoms with E-state index in [4.69, 9.17) is 0 Å². The van der Waals surface area contributed by atoms with Gasteiger partial charge < -0.3 is 5.32 Å². The molecule has 0 heterocycles. The molecule has 3 heteroatoms. The Kier molecular flexibility index (Phi) is 3.79. The molecule has 0 unspecified atom stereocenters. The first-order chi connectivity index (χ1) is 4.45. The van der Waals surface area contributed by atoms with Crippen LogP contribution in [0.15, 0.2) is 0 Å². The number of amides is 1. The van der Waals surface area contributed by atoms with Gasteiger partial charge in [0, 0.05) is 17.7 Å². The Morgan fingerprint density at radius 3 is 2.30 bits per heavy atom. The third kappa shape index (κ3) is 5.95. The minimum atomic E-state index is -0.123. The number of nitrogens with one attached hydrogen (secondary N) is 1. The summed E-state index contributed by atoms with van der Waals surface area (Å²) in [4.78, 5) is 10.9. The summed E-state index contributed by atoms with van der Waals surface area (Å²) in [7, 11) is 0. The van der Waals surface area contributed by atoms with Crippen LogP contribution in [0.5, 0.6) is 0 Å². The SMILES string of the molecule is CC(C)(C)NC(=O)CC[S]. The molecule has 0 atom stereocenters. The summed E-state index contributed by atoms with van der Waals surface area (Å²) in [5.41, 5.74) is -0.123. The van der Waals surface area contributed by atoms with E-state index in [9.17, 15) is 4.79 Å². The lowest BCUT2D eigenvalue weighted by atomic mass is 10.1. The van der Waals surface area contributed by atoms with Crippen molar-refractivity contribution in [2.45, 2.75) is 32.7 Å². The second-order valence-electron chi connectivity index (χ2n) is 3.25. The Bertz CT molecular complexity index is 117. The van der Waals surface area contributed by atoms with Crippen LogP contribution in [-0.2, 0) is 4.79 Å². The second-order valence-corrected chi connectivity index (χ2v) is 3.66. The lowest BCUT2D eigenvalue weighted by molar-refractivity contribution is -0.122. The van der Waals surface area contributed by atoms with Crippen molar-refractivity contribution in [1.29, 1.82) is 0 Å². The molecular weight excluding hydrogens is 146 g/mol. The zero-order chi connectivity index (χ0) is 8.20. The quantitative estimate of drug-likeness (QED) is 0.651. The molecule has 0 saturated heterocycles. The summed E-state index contributed by atoms with van der Waals surface area (Å²) in [5, 5.41) is 2.81. The first-order valence-electron chi connectivity index (χ1n) is 3.35. The fraction of sp³-hybridized carbons (Fsp3) is 0.857. The third-order valence-electron chi connectivity index (χ3n) is 0.844. The molecule has 0 aliphatic carbocycles. The number of hydrogen-bond donors (Lipinski definition) is 1. The topological polar surface area (TPSA) is 29.1 Å². The fourth-order valence-electron chi connectivity index (χ4n) is 0.573. The van der Waals surface area contributed by atoms with E-state index in [0.29, 0.717) is 12.2 Å². The van der Waals surface area contributed by atoms with Crippen LogP contribution in [0.2, 0.25) is 0 Å². The Hall–Kier alpha value is -0.180. The normalized spacial score (nSPS) is 11.2. The van der Waals surface area contributed by atoms with Crippen molar-refractivity contribution in [3.8, 4) is 0 Å². The molecule has 0 bridgehead atoms. The molecule has 0 rings (SSSR count). The number of carbonyl (C=O) groups is 1. The Morgan fingerprint density at radius 1 is 1.50 bits per heavy atom. The van der Waals surface area contributed by atoms with E-state index < -0.39 is 0 Å². The van der Waals surface area contributed by atoms with Gasteiger partial charge >= 0.3 is 0 Å². The molecule has 59 valence electrons. The summed E-state index contributed by atoms with van der Waals surface area (Å²) in [6.45, 7) is 5.86. The number of hydrogen-bond acceptors (Lipinski definition) is 1. The predicted octanol–water partition coefficient (Wildman–Crippen LogP) is 1.49. The molecule has 0 spiro atoms. The molecule has 0 aromatic heterocycles. The standard InChI is InChI=1S/C7H14NOS/c1-7(2,3)8-6(9)4-5-10/h4-5H2,1-3H3,(H,8,9). The van der Waals surface area contributed by atoms with Crippen molar-refractivity contribution < 1.29 is 4.79 Å². The zero-order valence-corrected chi connectivity index (χ0v) is 7.55. The molecule has 1 amide bonds. The molecule has 10 heavy (non-hydrogen) atoms. The van der Waals surface area contributed by atoms with Gasteiger partial charge in [-0.2, -0.15) is 0 Å². The van der Waals surface area contributed by atoms with Crippen LogP contribution in [0, 0.1) is 0 Å². The number of carbonyl (C=O) groups excluding carboxylic acids is 1. The van der Waals surface area contributed by atoms with Crippen LogP contribution in [0.1, 0.15) is 27.2 Å². The summed E-state index contributed by atoms with van der Waals surface area (Å²) in [6.07, 6.45) is 0.451. The van der Waals surface area contributed by atoms with Crippen molar-refractivity contribution in [1.82, 2.24) is 5.32 Å². The lowest BCUT2D eigenvalue weighted by Crippen LogP contribution is -2.40. The lowest BCUT2D eigenvalue weighted by Gasteiger charge is -2.19. The highest BCUT2D eigenvalue weighted by Crippen LogP contribution is 1.98. The molecule has 0 saturated carbocycles. The third-order valence-corrected chi connectivity index (χ3v) is 1.05. The van der Waals surface area contributed by atoms with Crippen LogP contribution in [0.4, 0.5) is 0 Å². The minimum Gasteiger partial charge on any atom is -0.351 e. The van der Waals surface area contributed by atoms with Gasteiger partial charge in [0.25, 0.3) is 0 Å². The van der Waals surface area contributed by atoms with Crippen molar-refractivity contribution >= 4 is 18.5 Å². The summed E-state index contributed by atoms with van der Waals surface area (Å²) in [6, 6.07) is 0. The molecule has 0 aliphatic heterocycles. The van der Waals surface area contributed by atoms with Crippen LogP contribution in [-0.4, -0.2) is 17.2 Å². The Morgan fingerprint density at radius 2 is 2.00 bits per heavy atom. The van der Waals surface area contributed by atoms with Gasteiger partial charge in [-0.25, -0.2) is 0 Å². The van der Waals surface area contributed by atoms with E-state index in [2.05, 4.69) is 17.9 Å². The maximum absolute atomic E-state index is 10.9. The van der Waals surface area contributed by atoms with Crippen molar-refractivity contribution in [3.63, 3.8) is 0 Å². The fourth-order valence-corrected chi connectivity index (χ4v) is 0.759. The van der Waals surface area contributed by atoms with E-state index in [1.807, 2.05) is 20.8 Å². The maximum Gasteiger partial charge on any atom is 0.221 e. The highest BCUT2D eigenvalue weighted by atomic mass is 32.1. The monoisotopic (exact) mass is 160 g/mol. The number of rotatable bonds is 2. The van der Waals surface area contributed by atoms with Gasteiger partial charge in [-0.05, 0) is 20.8 Å². The van der Waals surface area contributed by atoms with E-state index in [1.165, 1.54) is 0 Å². The molecule has 2 nitrogen and oxygen atoms in total. The smallest absolute Gasteiger partial charge is 0.221 e. The van der Waals surface area contributed by atoms with Gasteiger partial charge in [-0.15, -0.1) is 0 Å². The summed E-state index contributed by atoms with van der Waals surface area (Å²) in [5.74, 6) is 0.546. The molecular formula is C7H14NOS. The molecule has 1 radical (unpaired) electrons. The zero-order valence-electron chi connectivity index (χ0n) is 6.73. The molecule has 0 fully saturated rings. The van der Waals surface area contributed by atoms with Crippen LogP contribution < -0.4 is 5.32 Å². The minimum absolute atomic E-state index is 0.0440. The van der Waals surface area contributed by atoms with Crippen molar-refractivity contribution in [2.24, 2.45) is 0 Å². The van der Waals surface area contributed by atoms with Crippen molar-refractivity contribution in [3.05, 3.63) is 0 Å². The summed E-state index contributed by atoms with van der Waals surface area (Å²) >= 11 is 4.66. The first kappa shape index (κ1) is 9.82. The van der Waals surface area contributed by atoms with Gasteiger partial charge in [-0.1, -0.05) is 12.6 Å². The average molecular weight is 160 g/mol. The summed E-state index contributed by atoms with van der Waals surface area (Å²) < 4.78 is 0. The van der Waals surface area contributed by atoms with Gasteiger partial charge in [-0.3, -0.25) is 4.79 Å². The molecule has 0 aromatic rings. The first-order valence-corrected chi connectivity index (χ1v) is 3.92. The van der Waals surface area contributed by atoms with Gasteiger partial charge in [0.15, 0.2) is 0 Å². The van der Waals surface area contributed by atoms with E-state index in [-0.39, 0.29) is 11.4 Å². The highest BCUT2D eigenvalue weighted by molar-refractivity contribution is 7.80. The molecule has 0 aliphatic rings. The van der Waals surface area contributed by atoms with Gasteiger partial charge in [0.2, 0.25) is 5.91 Å². The Balaban J connectivity index is 3.58. The molecule has 0 aromatic carbocycles. The van der Waals surface area contributed by atoms with Crippen molar-refractivity contribution in [2.75, 3.05) is 5.75 Å². The van der Waals surface area contributed by atoms with Crippen LogP contribution in [0.3, 0.4) is 0 Å². The average Bonchev–Trinajstić information content (AvgIpc) is 1.59. The predicted molar refractivity (Wildman–Crippen MR) is 45.0 cm³/mol. The maximum atomic E-state index is 10.9.